The van der Waals surface area contributed by atoms with Gasteiger partial charge < -0.3 is 10.0 Å². The number of hydrogen-bond donors (Lipinski definition) is 1. The number of nitrogens with zero attached hydrogens (tertiary/aromatic N) is 3. The Bertz CT molecular complexity index is 627. The topological polar surface area (TPSA) is 66.3 Å². The van der Waals surface area contributed by atoms with E-state index in [1.807, 2.05) is 24.3 Å². The molecular weight excluding hydrogens is 274 g/mol. The molecule has 0 fully saturated rings. The first-order chi connectivity index (χ1) is 9.70. The van der Waals surface area contributed by atoms with Crippen molar-refractivity contribution in [2.75, 3.05) is 13.7 Å². The molecule has 2 rings (SSSR count). The van der Waals surface area contributed by atoms with Crippen LogP contribution in [0.4, 0.5) is 0 Å². The van der Waals surface area contributed by atoms with Gasteiger partial charge in [-0.2, -0.15) is 0 Å². The molecule has 0 spiro atoms. The van der Waals surface area contributed by atoms with Gasteiger partial charge in [0.1, 0.15) is 11.5 Å². The van der Waals surface area contributed by atoms with Crippen molar-refractivity contribution in [3.63, 3.8) is 0 Å². The van der Waals surface area contributed by atoms with Crippen LogP contribution in [0.3, 0.4) is 0 Å². The predicted octanol–water partition coefficient (Wildman–Crippen LogP) is 1.15. The molecule has 0 saturated heterocycles. The summed E-state index contributed by atoms with van der Waals surface area (Å²) in [7, 11) is 1.74. The van der Waals surface area contributed by atoms with Crippen LogP contribution in [0.25, 0.3) is 0 Å². The molecule has 1 aromatic heterocycles. The summed E-state index contributed by atoms with van der Waals surface area (Å²) >= 11 is 1.09. The zero-order valence-corrected chi connectivity index (χ0v) is 11.7. The number of amides is 1. The highest BCUT2D eigenvalue weighted by molar-refractivity contribution is 7.07. The van der Waals surface area contributed by atoms with Gasteiger partial charge in [0.25, 0.3) is 5.91 Å². The number of benzene rings is 1. The van der Waals surface area contributed by atoms with Crippen LogP contribution in [-0.2, 0) is 6.54 Å². The minimum Gasteiger partial charge on any atom is -0.384 e. The fraction of sp³-hybridized carbons (Fsp3) is 0.214. The molecule has 20 heavy (non-hydrogen) atoms. The average molecular weight is 287 g/mol. The Labute approximate surface area is 121 Å². The second kappa shape index (κ2) is 6.80. The first-order valence-corrected chi connectivity index (χ1v) is 6.69. The zero-order valence-electron chi connectivity index (χ0n) is 10.9. The predicted molar refractivity (Wildman–Crippen MR) is 76.1 cm³/mol. The third kappa shape index (κ3) is 3.63. The molecule has 0 radical (unpaired) electrons. The van der Waals surface area contributed by atoms with E-state index in [9.17, 15) is 4.79 Å². The van der Waals surface area contributed by atoms with Crippen molar-refractivity contribution in [3.05, 3.63) is 46.5 Å². The van der Waals surface area contributed by atoms with Crippen molar-refractivity contribution in [1.29, 1.82) is 0 Å². The molecule has 2 aromatic rings. The molecule has 0 bridgehead atoms. The van der Waals surface area contributed by atoms with E-state index in [1.54, 1.807) is 11.9 Å². The van der Waals surface area contributed by atoms with E-state index in [0.29, 0.717) is 11.4 Å². The van der Waals surface area contributed by atoms with Crippen LogP contribution in [-0.4, -0.2) is 39.2 Å². The zero-order chi connectivity index (χ0) is 14.4. The van der Waals surface area contributed by atoms with Crippen molar-refractivity contribution >= 4 is 17.4 Å². The quantitative estimate of drug-likeness (QED) is 0.860. The molecule has 0 saturated carbocycles. The Kier molecular flexibility index (Phi) is 4.82. The summed E-state index contributed by atoms with van der Waals surface area (Å²) < 4.78 is 3.68. The minimum absolute atomic E-state index is 0.0934. The lowest BCUT2D eigenvalue weighted by Gasteiger charge is -2.15. The van der Waals surface area contributed by atoms with Crippen LogP contribution >= 0.6 is 11.5 Å². The molecule has 6 heteroatoms. The second-order valence-electron chi connectivity index (χ2n) is 4.10. The molecule has 0 atom stereocenters. The molecule has 1 N–H and O–H groups in total. The van der Waals surface area contributed by atoms with E-state index in [4.69, 9.17) is 5.11 Å². The maximum atomic E-state index is 12.0. The number of aliphatic hydroxyl groups is 1. The van der Waals surface area contributed by atoms with Gasteiger partial charge in [0, 0.05) is 19.2 Å². The normalized spacial score (nSPS) is 9.70. The molecule has 0 unspecified atom stereocenters. The van der Waals surface area contributed by atoms with Crippen LogP contribution in [0.5, 0.6) is 0 Å². The lowest BCUT2D eigenvalue weighted by Crippen LogP contribution is -2.25. The molecule has 0 aliphatic carbocycles. The number of aromatic nitrogens is 2. The van der Waals surface area contributed by atoms with Crippen molar-refractivity contribution in [3.8, 4) is 11.8 Å². The fourth-order valence-electron chi connectivity index (χ4n) is 1.63. The monoisotopic (exact) mass is 287 g/mol. The molecule has 1 amide bonds. The van der Waals surface area contributed by atoms with Crippen molar-refractivity contribution in [1.82, 2.24) is 14.5 Å². The first-order valence-electron chi connectivity index (χ1n) is 5.92. The van der Waals surface area contributed by atoms with E-state index < -0.39 is 0 Å². The highest BCUT2D eigenvalue weighted by Crippen LogP contribution is 2.10. The van der Waals surface area contributed by atoms with Gasteiger partial charge in [0.2, 0.25) is 0 Å². The van der Waals surface area contributed by atoms with E-state index in [2.05, 4.69) is 21.4 Å². The van der Waals surface area contributed by atoms with Crippen molar-refractivity contribution in [2.24, 2.45) is 0 Å². The summed E-state index contributed by atoms with van der Waals surface area (Å²) in [4.78, 5) is 14.2. The van der Waals surface area contributed by atoms with E-state index in [1.165, 1.54) is 6.20 Å². The molecule has 1 aromatic carbocycles. The third-order valence-electron chi connectivity index (χ3n) is 2.60. The largest absolute Gasteiger partial charge is 0.384 e. The molecule has 0 aliphatic heterocycles. The Morgan fingerprint density at radius 2 is 2.15 bits per heavy atom. The number of carbonyl (C=O) groups excluding carboxylic acids is 1. The van der Waals surface area contributed by atoms with Crippen LogP contribution in [0.1, 0.15) is 20.8 Å². The standard InChI is InChI=1S/C14H13N3O2S/c1-17(14(19)13-9-15-16-20-13)10-12-6-4-11(5-7-12)3-2-8-18/h4-7,9,18H,8,10H2,1H3. The molecule has 1 heterocycles. The minimum atomic E-state index is -0.151. The van der Waals surface area contributed by atoms with E-state index in [-0.39, 0.29) is 12.5 Å². The fourth-order valence-corrected chi connectivity index (χ4v) is 2.14. The maximum absolute atomic E-state index is 12.0. The summed E-state index contributed by atoms with van der Waals surface area (Å²) in [5.41, 5.74) is 1.84. The lowest BCUT2D eigenvalue weighted by atomic mass is 10.1. The Hall–Kier alpha value is -2.23. The van der Waals surface area contributed by atoms with Gasteiger partial charge in [0.05, 0.1) is 6.20 Å². The molecule has 102 valence electrons. The molecule has 5 nitrogen and oxygen atoms in total. The van der Waals surface area contributed by atoms with Gasteiger partial charge >= 0.3 is 0 Å². The lowest BCUT2D eigenvalue weighted by molar-refractivity contribution is 0.0789. The van der Waals surface area contributed by atoms with Gasteiger partial charge in [-0.05, 0) is 29.2 Å². The summed E-state index contributed by atoms with van der Waals surface area (Å²) in [6, 6.07) is 7.56. The first kappa shape index (κ1) is 14.2. The third-order valence-corrected chi connectivity index (χ3v) is 3.26. The average Bonchev–Trinajstić information content (AvgIpc) is 3.00. The molecule has 0 aliphatic rings. The summed E-state index contributed by atoms with van der Waals surface area (Å²) in [6.45, 7) is 0.353. The van der Waals surface area contributed by atoms with Crippen LogP contribution in [0.15, 0.2) is 30.5 Å². The second-order valence-corrected chi connectivity index (χ2v) is 4.89. The van der Waals surface area contributed by atoms with Gasteiger partial charge in [0.15, 0.2) is 0 Å². The van der Waals surface area contributed by atoms with Crippen molar-refractivity contribution in [2.45, 2.75) is 6.54 Å². The van der Waals surface area contributed by atoms with E-state index >= 15 is 0 Å². The number of rotatable bonds is 3. The maximum Gasteiger partial charge on any atom is 0.267 e. The SMILES string of the molecule is CN(Cc1ccc(C#CCO)cc1)C(=O)c1cnns1. The summed E-state index contributed by atoms with van der Waals surface area (Å²) in [6.07, 6.45) is 1.47. The Balaban J connectivity index is 2.01. The highest BCUT2D eigenvalue weighted by atomic mass is 32.1. The van der Waals surface area contributed by atoms with Gasteiger partial charge in [-0.25, -0.2) is 0 Å². The Morgan fingerprint density at radius 1 is 1.40 bits per heavy atom. The number of aliphatic hydroxyl groups excluding tert-OH is 1. The Morgan fingerprint density at radius 3 is 2.75 bits per heavy atom. The van der Waals surface area contributed by atoms with Crippen molar-refractivity contribution < 1.29 is 9.90 Å². The summed E-state index contributed by atoms with van der Waals surface area (Å²) in [5, 5.41) is 12.3. The van der Waals surface area contributed by atoms with Gasteiger partial charge in [-0.1, -0.05) is 28.5 Å². The smallest absolute Gasteiger partial charge is 0.267 e. The van der Waals surface area contributed by atoms with Gasteiger partial charge in [-0.3, -0.25) is 4.79 Å². The van der Waals surface area contributed by atoms with Crippen LogP contribution in [0, 0.1) is 11.8 Å². The van der Waals surface area contributed by atoms with Gasteiger partial charge in [-0.15, -0.1) is 5.10 Å². The van der Waals surface area contributed by atoms with Crippen LogP contribution < -0.4 is 0 Å². The number of carbonyl (C=O) groups is 1. The highest BCUT2D eigenvalue weighted by Gasteiger charge is 2.14. The van der Waals surface area contributed by atoms with E-state index in [0.717, 1.165) is 22.7 Å². The number of hydrogen-bond acceptors (Lipinski definition) is 5. The van der Waals surface area contributed by atoms with Crippen LogP contribution in [0.2, 0.25) is 0 Å². The molecular formula is C14H13N3O2S. The summed E-state index contributed by atoms with van der Waals surface area (Å²) in [5.74, 6) is 5.32.